The van der Waals surface area contributed by atoms with Crippen molar-refractivity contribution < 1.29 is 4.39 Å². The minimum atomic E-state index is -0.160. The number of nitrogens with two attached hydrogens (primary N) is 1. The standard InChI is InChI=1S/C16H17FN2/c17-14-5-3-7-16(13(14)8-10-18)19-11-9-12-4-1-2-6-15(12)19/h1-7H,8-11,18H2. The van der Waals surface area contributed by atoms with Crippen LogP contribution in [0.2, 0.25) is 0 Å². The monoisotopic (exact) mass is 256 g/mol. The van der Waals surface area contributed by atoms with E-state index in [-0.39, 0.29) is 5.82 Å². The highest BCUT2D eigenvalue weighted by Crippen LogP contribution is 2.36. The number of anilines is 2. The van der Waals surface area contributed by atoms with E-state index in [1.807, 2.05) is 12.1 Å². The van der Waals surface area contributed by atoms with E-state index in [1.165, 1.54) is 17.3 Å². The molecule has 0 aliphatic carbocycles. The van der Waals surface area contributed by atoms with Gasteiger partial charge in [0.2, 0.25) is 0 Å². The molecule has 0 unspecified atom stereocenters. The number of halogens is 1. The lowest BCUT2D eigenvalue weighted by Gasteiger charge is -2.23. The molecule has 1 aliphatic rings. The molecule has 3 rings (SSSR count). The highest BCUT2D eigenvalue weighted by atomic mass is 19.1. The van der Waals surface area contributed by atoms with Crippen molar-refractivity contribution in [1.29, 1.82) is 0 Å². The summed E-state index contributed by atoms with van der Waals surface area (Å²) < 4.78 is 14.0. The van der Waals surface area contributed by atoms with Crippen LogP contribution in [0.4, 0.5) is 15.8 Å². The van der Waals surface area contributed by atoms with Crippen LogP contribution in [0.5, 0.6) is 0 Å². The van der Waals surface area contributed by atoms with Gasteiger partial charge >= 0.3 is 0 Å². The van der Waals surface area contributed by atoms with Crippen LogP contribution in [0.25, 0.3) is 0 Å². The van der Waals surface area contributed by atoms with Gasteiger partial charge in [-0.25, -0.2) is 4.39 Å². The smallest absolute Gasteiger partial charge is 0.128 e. The van der Waals surface area contributed by atoms with Gasteiger partial charge in [-0.3, -0.25) is 0 Å². The predicted molar refractivity (Wildman–Crippen MR) is 76.3 cm³/mol. The highest BCUT2D eigenvalue weighted by molar-refractivity contribution is 5.72. The number of nitrogens with zero attached hydrogens (tertiary/aromatic N) is 1. The fourth-order valence-electron chi connectivity index (χ4n) is 2.78. The van der Waals surface area contributed by atoms with Crippen molar-refractivity contribution >= 4 is 11.4 Å². The van der Waals surface area contributed by atoms with Gasteiger partial charge in [0, 0.05) is 23.5 Å². The molecule has 0 fully saturated rings. The van der Waals surface area contributed by atoms with Crippen LogP contribution in [-0.2, 0) is 12.8 Å². The number of hydrogen-bond donors (Lipinski definition) is 1. The minimum Gasteiger partial charge on any atom is -0.341 e. The van der Waals surface area contributed by atoms with Gasteiger partial charge in [0.1, 0.15) is 5.82 Å². The first-order chi connectivity index (χ1) is 9.31. The van der Waals surface area contributed by atoms with Crippen LogP contribution in [0, 0.1) is 5.82 Å². The topological polar surface area (TPSA) is 29.3 Å². The summed E-state index contributed by atoms with van der Waals surface area (Å²) in [5.74, 6) is -0.160. The van der Waals surface area contributed by atoms with Crippen molar-refractivity contribution in [2.45, 2.75) is 12.8 Å². The Morgan fingerprint density at radius 3 is 2.68 bits per heavy atom. The quantitative estimate of drug-likeness (QED) is 0.914. The van der Waals surface area contributed by atoms with E-state index in [9.17, 15) is 4.39 Å². The number of para-hydroxylation sites is 1. The minimum absolute atomic E-state index is 0.160. The van der Waals surface area contributed by atoms with Crippen molar-refractivity contribution in [2.24, 2.45) is 5.73 Å². The molecule has 0 amide bonds. The SMILES string of the molecule is NCCc1c(F)cccc1N1CCc2ccccc21. The lowest BCUT2D eigenvalue weighted by atomic mass is 10.1. The van der Waals surface area contributed by atoms with Crippen molar-refractivity contribution in [3.63, 3.8) is 0 Å². The largest absolute Gasteiger partial charge is 0.341 e. The third-order valence-electron chi connectivity index (χ3n) is 3.67. The Morgan fingerprint density at radius 2 is 1.84 bits per heavy atom. The molecule has 3 heteroatoms. The zero-order valence-corrected chi connectivity index (χ0v) is 10.8. The van der Waals surface area contributed by atoms with Crippen LogP contribution in [0.15, 0.2) is 42.5 Å². The normalized spacial score (nSPS) is 13.7. The van der Waals surface area contributed by atoms with Gasteiger partial charge in [-0.05, 0) is 43.1 Å². The van der Waals surface area contributed by atoms with E-state index in [0.29, 0.717) is 13.0 Å². The Balaban J connectivity index is 2.07. The predicted octanol–water partition coefficient (Wildman–Crippen LogP) is 3.02. The van der Waals surface area contributed by atoms with Crippen molar-refractivity contribution in [2.75, 3.05) is 18.0 Å². The molecule has 0 saturated heterocycles. The van der Waals surface area contributed by atoms with Gasteiger partial charge in [-0.2, -0.15) is 0 Å². The zero-order chi connectivity index (χ0) is 13.2. The second kappa shape index (κ2) is 5.02. The first kappa shape index (κ1) is 12.2. The Bertz CT molecular complexity index is 595. The van der Waals surface area contributed by atoms with E-state index in [4.69, 9.17) is 5.73 Å². The molecule has 0 spiro atoms. The van der Waals surface area contributed by atoms with Gasteiger partial charge in [0.05, 0.1) is 0 Å². The summed E-state index contributed by atoms with van der Waals surface area (Å²) in [7, 11) is 0. The Labute approximate surface area is 112 Å². The summed E-state index contributed by atoms with van der Waals surface area (Å²) in [4.78, 5) is 2.20. The highest BCUT2D eigenvalue weighted by Gasteiger charge is 2.22. The van der Waals surface area contributed by atoms with Gasteiger partial charge in [0.25, 0.3) is 0 Å². The fraction of sp³-hybridized carbons (Fsp3) is 0.250. The van der Waals surface area contributed by atoms with Crippen LogP contribution < -0.4 is 10.6 Å². The average Bonchev–Trinajstić information content (AvgIpc) is 2.85. The summed E-state index contributed by atoms with van der Waals surface area (Å²) >= 11 is 0. The average molecular weight is 256 g/mol. The molecule has 98 valence electrons. The molecule has 0 aromatic heterocycles. The van der Waals surface area contributed by atoms with Gasteiger partial charge < -0.3 is 10.6 Å². The van der Waals surface area contributed by atoms with E-state index in [1.54, 1.807) is 6.07 Å². The number of hydrogen-bond acceptors (Lipinski definition) is 2. The van der Waals surface area contributed by atoms with Crippen LogP contribution in [0.3, 0.4) is 0 Å². The lowest BCUT2D eigenvalue weighted by molar-refractivity contribution is 0.609. The first-order valence-corrected chi connectivity index (χ1v) is 6.64. The summed E-state index contributed by atoms with van der Waals surface area (Å²) in [5, 5.41) is 0. The third-order valence-corrected chi connectivity index (χ3v) is 3.67. The van der Waals surface area contributed by atoms with E-state index in [2.05, 4.69) is 23.1 Å². The third kappa shape index (κ3) is 2.10. The fourth-order valence-corrected chi connectivity index (χ4v) is 2.78. The summed E-state index contributed by atoms with van der Waals surface area (Å²) in [6, 6.07) is 13.6. The molecule has 1 aliphatic heterocycles. The molecule has 2 aromatic carbocycles. The maximum Gasteiger partial charge on any atom is 0.128 e. The van der Waals surface area contributed by atoms with Gasteiger partial charge in [-0.15, -0.1) is 0 Å². The van der Waals surface area contributed by atoms with Crippen LogP contribution in [-0.4, -0.2) is 13.1 Å². The molecule has 0 radical (unpaired) electrons. The molecule has 2 N–H and O–H groups in total. The summed E-state index contributed by atoms with van der Waals surface area (Å²) in [6.07, 6.45) is 1.58. The summed E-state index contributed by atoms with van der Waals surface area (Å²) in [5.41, 5.74) is 9.80. The Kier molecular flexibility index (Phi) is 3.22. The molecule has 0 bridgehead atoms. The first-order valence-electron chi connectivity index (χ1n) is 6.64. The molecule has 0 atom stereocenters. The zero-order valence-electron chi connectivity index (χ0n) is 10.8. The summed E-state index contributed by atoms with van der Waals surface area (Å²) in [6.45, 7) is 1.36. The van der Waals surface area contributed by atoms with Crippen molar-refractivity contribution in [3.05, 3.63) is 59.4 Å². The maximum absolute atomic E-state index is 14.0. The van der Waals surface area contributed by atoms with E-state index in [0.717, 1.165) is 24.2 Å². The molecular formula is C16H17FN2. The molecule has 0 saturated carbocycles. The number of fused-ring (bicyclic) bond motifs is 1. The number of rotatable bonds is 3. The second-order valence-corrected chi connectivity index (χ2v) is 4.81. The number of benzene rings is 2. The molecule has 19 heavy (non-hydrogen) atoms. The Morgan fingerprint density at radius 1 is 1.05 bits per heavy atom. The molecule has 1 heterocycles. The van der Waals surface area contributed by atoms with E-state index < -0.39 is 0 Å². The second-order valence-electron chi connectivity index (χ2n) is 4.81. The maximum atomic E-state index is 14.0. The van der Waals surface area contributed by atoms with Gasteiger partial charge in [-0.1, -0.05) is 24.3 Å². The van der Waals surface area contributed by atoms with Crippen LogP contribution >= 0.6 is 0 Å². The van der Waals surface area contributed by atoms with Crippen LogP contribution in [0.1, 0.15) is 11.1 Å². The Hall–Kier alpha value is -1.87. The van der Waals surface area contributed by atoms with E-state index >= 15 is 0 Å². The molecule has 2 nitrogen and oxygen atoms in total. The van der Waals surface area contributed by atoms with Gasteiger partial charge in [0.15, 0.2) is 0 Å². The molecular weight excluding hydrogens is 239 g/mol. The lowest BCUT2D eigenvalue weighted by Crippen LogP contribution is -2.17. The molecule has 2 aromatic rings. The van der Waals surface area contributed by atoms with Crippen molar-refractivity contribution in [1.82, 2.24) is 0 Å². The van der Waals surface area contributed by atoms with Crippen molar-refractivity contribution in [3.8, 4) is 0 Å².